The molecule has 172 valence electrons. The number of nitrogens with one attached hydrogen (secondary N) is 1. The summed E-state index contributed by atoms with van der Waals surface area (Å²) in [6, 6.07) is 22.9. The van der Waals surface area contributed by atoms with Crippen molar-refractivity contribution in [2.75, 3.05) is 7.11 Å². The molecule has 0 atom stereocenters. The second-order valence-electron chi connectivity index (χ2n) is 7.56. The van der Waals surface area contributed by atoms with Crippen molar-refractivity contribution in [3.05, 3.63) is 112 Å². The molecular formula is C27H24BrN3O3. The summed E-state index contributed by atoms with van der Waals surface area (Å²) in [5.74, 6) is 0.867. The molecule has 1 amide bonds. The zero-order valence-corrected chi connectivity index (χ0v) is 20.5. The standard InChI is InChI=1S/C27H24BrN3O3/c1-19-9-3-4-10-21(19)18-34-26-23(28)15-20(16-25(26)33-2)17-29-30-27(32)22-11-5-6-12-24(22)31-13-7-8-14-31/h3-17H,18H2,1-2H3,(H,30,32)/b29-17+. The number of hydrogen-bond donors (Lipinski definition) is 1. The number of ether oxygens (including phenoxy) is 2. The number of methoxy groups -OCH3 is 1. The summed E-state index contributed by atoms with van der Waals surface area (Å²) < 4.78 is 14.2. The first-order valence-corrected chi connectivity index (χ1v) is 11.5. The van der Waals surface area contributed by atoms with E-state index in [1.807, 2.05) is 71.6 Å². The fourth-order valence-corrected chi connectivity index (χ4v) is 4.06. The van der Waals surface area contributed by atoms with Gasteiger partial charge in [0, 0.05) is 12.4 Å². The highest BCUT2D eigenvalue weighted by Crippen LogP contribution is 2.37. The third-order valence-electron chi connectivity index (χ3n) is 5.30. The van der Waals surface area contributed by atoms with Crippen LogP contribution < -0.4 is 14.9 Å². The minimum atomic E-state index is -0.301. The maximum absolute atomic E-state index is 12.8. The van der Waals surface area contributed by atoms with Crippen LogP contribution in [0.25, 0.3) is 5.69 Å². The normalized spacial score (nSPS) is 10.9. The van der Waals surface area contributed by atoms with Crippen molar-refractivity contribution in [3.8, 4) is 17.2 Å². The quantitative estimate of drug-likeness (QED) is 0.233. The van der Waals surface area contributed by atoms with Gasteiger partial charge in [-0.2, -0.15) is 5.10 Å². The molecule has 6 nitrogen and oxygen atoms in total. The number of nitrogens with zero attached hydrogens (tertiary/aromatic N) is 2. The Labute approximate surface area is 207 Å². The van der Waals surface area contributed by atoms with Gasteiger partial charge in [0.2, 0.25) is 0 Å². The lowest BCUT2D eigenvalue weighted by Gasteiger charge is -2.14. The lowest BCUT2D eigenvalue weighted by Crippen LogP contribution is -2.19. The number of carbonyl (C=O) groups is 1. The first kappa shape index (κ1) is 23.3. The molecule has 0 unspecified atom stereocenters. The Morgan fingerprint density at radius 2 is 1.79 bits per heavy atom. The van der Waals surface area contributed by atoms with Gasteiger partial charge in [0.25, 0.3) is 5.91 Å². The Morgan fingerprint density at radius 3 is 2.56 bits per heavy atom. The average molecular weight is 518 g/mol. The molecule has 1 heterocycles. The van der Waals surface area contributed by atoms with Crippen LogP contribution in [0.15, 0.2) is 94.8 Å². The zero-order valence-electron chi connectivity index (χ0n) is 18.9. The summed E-state index contributed by atoms with van der Waals surface area (Å²) in [6.45, 7) is 2.47. The molecule has 1 N–H and O–H groups in total. The molecule has 0 spiro atoms. The molecule has 0 saturated heterocycles. The number of aromatic nitrogens is 1. The van der Waals surface area contributed by atoms with E-state index in [0.717, 1.165) is 26.9 Å². The van der Waals surface area contributed by atoms with Crippen LogP contribution in [0.4, 0.5) is 0 Å². The molecule has 0 aliphatic carbocycles. The van der Waals surface area contributed by atoms with Crippen LogP contribution in [0.5, 0.6) is 11.5 Å². The van der Waals surface area contributed by atoms with Crippen molar-refractivity contribution in [3.63, 3.8) is 0 Å². The largest absolute Gasteiger partial charge is 0.493 e. The van der Waals surface area contributed by atoms with Crippen molar-refractivity contribution >= 4 is 28.1 Å². The summed E-state index contributed by atoms with van der Waals surface area (Å²) in [4.78, 5) is 12.8. The van der Waals surface area contributed by atoms with E-state index in [2.05, 4.69) is 39.4 Å². The van der Waals surface area contributed by atoms with E-state index in [1.165, 1.54) is 0 Å². The Balaban J connectivity index is 1.47. The van der Waals surface area contributed by atoms with Gasteiger partial charge < -0.3 is 14.0 Å². The monoisotopic (exact) mass is 517 g/mol. The molecule has 1 aromatic heterocycles. The van der Waals surface area contributed by atoms with E-state index < -0.39 is 0 Å². The minimum Gasteiger partial charge on any atom is -0.493 e. The number of halogens is 1. The maximum atomic E-state index is 12.8. The molecule has 4 aromatic rings. The topological polar surface area (TPSA) is 64.8 Å². The molecule has 0 bridgehead atoms. The van der Waals surface area contributed by atoms with E-state index in [9.17, 15) is 4.79 Å². The summed E-state index contributed by atoms with van der Waals surface area (Å²) in [7, 11) is 1.59. The smallest absolute Gasteiger partial charge is 0.273 e. The van der Waals surface area contributed by atoms with Gasteiger partial charge in [-0.1, -0.05) is 36.4 Å². The highest BCUT2D eigenvalue weighted by Gasteiger charge is 2.13. The third-order valence-corrected chi connectivity index (χ3v) is 5.89. The van der Waals surface area contributed by atoms with E-state index >= 15 is 0 Å². The van der Waals surface area contributed by atoms with Crippen LogP contribution in [0.2, 0.25) is 0 Å². The van der Waals surface area contributed by atoms with Crippen molar-refractivity contribution in [2.24, 2.45) is 5.10 Å². The number of rotatable bonds is 8. The number of benzene rings is 3. The summed E-state index contributed by atoms with van der Waals surface area (Å²) in [5.41, 5.74) is 6.91. The van der Waals surface area contributed by atoms with Gasteiger partial charge in [-0.25, -0.2) is 5.43 Å². The molecule has 7 heteroatoms. The van der Waals surface area contributed by atoms with Crippen LogP contribution in [0, 0.1) is 6.92 Å². The summed E-state index contributed by atoms with van der Waals surface area (Å²) >= 11 is 3.56. The highest BCUT2D eigenvalue weighted by atomic mass is 79.9. The van der Waals surface area contributed by atoms with E-state index in [-0.39, 0.29) is 5.91 Å². The molecule has 0 aliphatic heterocycles. The van der Waals surface area contributed by atoms with Crippen molar-refractivity contribution in [1.82, 2.24) is 9.99 Å². The van der Waals surface area contributed by atoms with Gasteiger partial charge in [0.15, 0.2) is 11.5 Å². The lowest BCUT2D eigenvalue weighted by atomic mass is 10.1. The van der Waals surface area contributed by atoms with E-state index in [0.29, 0.717) is 23.7 Å². The van der Waals surface area contributed by atoms with Crippen LogP contribution in [0.3, 0.4) is 0 Å². The maximum Gasteiger partial charge on any atom is 0.273 e. The Morgan fingerprint density at radius 1 is 1.06 bits per heavy atom. The fourth-order valence-electron chi connectivity index (χ4n) is 3.49. The molecule has 3 aromatic carbocycles. The number of hydrazone groups is 1. The van der Waals surface area contributed by atoms with E-state index in [1.54, 1.807) is 25.5 Å². The molecular weight excluding hydrogens is 494 g/mol. The van der Waals surface area contributed by atoms with Gasteiger partial charge >= 0.3 is 0 Å². The molecule has 0 fully saturated rings. The van der Waals surface area contributed by atoms with Crippen molar-refractivity contribution in [1.29, 1.82) is 0 Å². The SMILES string of the molecule is COc1cc(/C=N/NC(=O)c2ccccc2-n2cccc2)cc(Br)c1OCc1ccccc1C. The number of hydrogen-bond acceptors (Lipinski definition) is 4. The molecule has 0 radical (unpaired) electrons. The predicted molar refractivity (Wildman–Crippen MR) is 137 cm³/mol. The van der Waals surface area contributed by atoms with Crippen LogP contribution in [-0.2, 0) is 6.61 Å². The molecule has 0 aliphatic rings. The highest BCUT2D eigenvalue weighted by molar-refractivity contribution is 9.10. The predicted octanol–water partition coefficient (Wildman–Crippen LogP) is 5.90. The van der Waals surface area contributed by atoms with Gasteiger partial charge in [0.1, 0.15) is 6.61 Å². The summed E-state index contributed by atoms with van der Waals surface area (Å²) in [5, 5.41) is 4.14. The second-order valence-corrected chi connectivity index (χ2v) is 8.41. The van der Waals surface area contributed by atoms with Gasteiger partial charge in [0.05, 0.1) is 29.0 Å². The van der Waals surface area contributed by atoms with Gasteiger partial charge in [-0.05, 0) is 75.9 Å². The van der Waals surface area contributed by atoms with Gasteiger partial charge in [-0.15, -0.1) is 0 Å². The first-order valence-electron chi connectivity index (χ1n) is 10.7. The van der Waals surface area contributed by atoms with Crippen molar-refractivity contribution in [2.45, 2.75) is 13.5 Å². The van der Waals surface area contributed by atoms with E-state index in [4.69, 9.17) is 9.47 Å². The number of carbonyl (C=O) groups excluding carboxylic acids is 1. The third kappa shape index (κ3) is 5.38. The van der Waals surface area contributed by atoms with Crippen molar-refractivity contribution < 1.29 is 14.3 Å². The second kappa shape index (κ2) is 10.9. The van der Waals surface area contributed by atoms with Gasteiger partial charge in [-0.3, -0.25) is 4.79 Å². The number of aryl methyl sites for hydroxylation is 1. The Hall–Kier alpha value is -3.84. The Bertz CT molecular complexity index is 1320. The minimum absolute atomic E-state index is 0.301. The first-order chi connectivity index (χ1) is 16.6. The zero-order chi connectivity index (χ0) is 23.9. The fraction of sp³-hybridized carbons (Fsp3) is 0.111. The lowest BCUT2D eigenvalue weighted by molar-refractivity contribution is 0.0955. The Kier molecular flexibility index (Phi) is 7.44. The number of amides is 1. The average Bonchev–Trinajstić information content (AvgIpc) is 3.39. The van der Waals surface area contributed by atoms with Crippen LogP contribution in [-0.4, -0.2) is 23.8 Å². The molecule has 0 saturated carbocycles. The molecule has 34 heavy (non-hydrogen) atoms. The van der Waals surface area contributed by atoms with Crippen LogP contribution in [0.1, 0.15) is 27.0 Å². The summed E-state index contributed by atoms with van der Waals surface area (Å²) in [6.07, 6.45) is 5.35. The molecule has 4 rings (SSSR count). The van der Waals surface area contributed by atoms with Crippen LogP contribution >= 0.6 is 15.9 Å². The number of para-hydroxylation sites is 1.